The highest BCUT2D eigenvalue weighted by atomic mass is 16.3. The van der Waals surface area contributed by atoms with E-state index in [2.05, 4.69) is 66.6 Å². The third-order valence-electron chi connectivity index (χ3n) is 6.70. The van der Waals surface area contributed by atoms with Gasteiger partial charge >= 0.3 is 0 Å². The lowest BCUT2D eigenvalue weighted by atomic mass is 9.99. The smallest absolute Gasteiger partial charge is 0.161 e. The molecule has 1 aliphatic heterocycles. The molecule has 1 fully saturated rings. The first-order valence-electron chi connectivity index (χ1n) is 12.3. The van der Waals surface area contributed by atoms with E-state index >= 15 is 0 Å². The van der Waals surface area contributed by atoms with Crippen molar-refractivity contribution in [3.63, 3.8) is 0 Å². The molecule has 4 rings (SSSR count). The van der Waals surface area contributed by atoms with E-state index in [4.69, 9.17) is 9.97 Å². The molecule has 34 heavy (non-hydrogen) atoms. The van der Waals surface area contributed by atoms with E-state index in [1.165, 1.54) is 16.7 Å². The molecule has 1 aliphatic rings. The lowest BCUT2D eigenvalue weighted by Crippen LogP contribution is -2.49. The van der Waals surface area contributed by atoms with Gasteiger partial charge in [-0.2, -0.15) is 0 Å². The van der Waals surface area contributed by atoms with Gasteiger partial charge in [0.1, 0.15) is 5.82 Å². The molecular weight excluding hydrogens is 420 g/mol. The molecule has 0 amide bonds. The van der Waals surface area contributed by atoms with Crippen LogP contribution in [0.3, 0.4) is 0 Å². The van der Waals surface area contributed by atoms with Gasteiger partial charge in [-0.25, -0.2) is 9.97 Å². The van der Waals surface area contributed by atoms with Gasteiger partial charge in [-0.1, -0.05) is 60.7 Å². The van der Waals surface area contributed by atoms with Gasteiger partial charge in [-0.3, -0.25) is 4.90 Å². The topological polar surface area (TPSA) is 52.5 Å². The molecule has 1 N–H and O–H groups in total. The quantitative estimate of drug-likeness (QED) is 0.469. The zero-order valence-electron chi connectivity index (χ0n) is 20.5. The predicted octanol–water partition coefficient (Wildman–Crippen LogP) is 4.80. The second-order valence-corrected chi connectivity index (χ2v) is 9.21. The predicted molar refractivity (Wildman–Crippen MR) is 140 cm³/mol. The molecule has 0 spiro atoms. The molecule has 0 bridgehead atoms. The summed E-state index contributed by atoms with van der Waals surface area (Å²) in [7, 11) is 0. The highest BCUT2D eigenvalue weighted by Gasteiger charge is 2.24. The van der Waals surface area contributed by atoms with Crippen LogP contribution < -0.4 is 4.90 Å². The van der Waals surface area contributed by atoms with Crippen molar-refractivity contribution < 1.29 is 5.11 Å². The average Bonchev–Trinajstić information content (AvgIpc) is 2.86. The second-order valence-electron chi connectivity index (χ2n) is 9.21. The average molecular weight is 457 g/mol. The molecule has 1 aromatic heterocycles. The van der Waals surface area contributed by atoms with Crippen LogP contribution in [0.1, 0.15) is 35.2 Å². The summed E-state index contributed by atoms with van der Waals surface area (Å²) < 4.78 is 0. The van der Waals surface area contributed by atoms with Gasteiger partial charge in [0.2, 0.25) is 0 Å². The fourth-order valence-corrected chi connectivity index (χ4v) is 4.61. The van der Waals surface area contributed by atoms with Crippen LogP contribution in [0.15, 0.2) is 67.3 Å². The summed E-state index contributed by atoms with van der Waals surface area (Å²) in [6, 6.07) is 18.8. The van der Waals surface area contributed by atoms with Crippen molar-refractivity contribution in [2.45, 2.75) is 39.2 Å². The van der Waals surface area contributed by atoms with Crippen LogP contribution in [0.5, 0.6) is 0 Å². The van der Waals surface area contributed by atoms with Gasteiger partial charge < -0.3 is 10.0 Å². The number of benzene rings is 2. The molecule has 1 saturated heterocycles. The third-order valence-corrected chi connectivity index (χ3v) is 6.70. The van der Waals surface area contributed by atoms with Gasteiger partial charge in [0.25, 0.3) is 0 Å². The molecule has 2 heterocycles. The van der Waals surface area contributed by atoms with Crippen LogP contribution in [0, 0.1) is 13.8 Å². The largest absolute Gasteiger partial charge is 0.392 e. The zero-order valence-corrected chi connectivity index (χ0v) is 20.5. The molecule has 2 aromatic carbocycles. The molecule has 0 saturated carbocycles. The summed E-state index contributed by atoms with van der Waals surface area (Å²) in [5, 5.41) is 10.3. The number of piperazine rings is 1. The number of rotatable bonds is 9. The third kappa shape index (κ3) is 5.91. The van der Waals surface area contributed by atoms with Crippen molar-refractivity contribution >= 4 is 5.82 Å². The molecule has 3 aromatic rings. The van der Waals surface area contributed by atoms with E-state index in [-0.39, 0.29) is 6.10 Å². The molecule has 0 radical (unpaired) electrons. The van der Waals surface area contributed by atoms with Crippen molar-refractivity contribution in [1.29, 1.82) is 0 Å². The van der Waals surface area contributed by atoms with Crippen molar-refractivity contribution in [3.8, 4) is 11.4 Å². The minimum absolute atomic E-state index is 0.299. The Morgan fingerprint density at radius 2 is 1.68 bits per heavy atom. The SMILES string of the molecule is C=CCC[C@@H](O)CN1CCN(c2nc(-c3ccccc3)nc(C)c2Cc2ccccc2C)CC1. The standard InChI is InChI=1S/C29H36N4O/c1-4-5-15-26(34)21-32-16-18-33(19-17-32)29-27(20-25-14-10-9-11-22(25)2)23(3)30-28(31-29)24-12-7-6-8-13-24/h4,6-14,26,34H,1,5,15-21H2,2-3H3/t26-/m1/s1. The molecule has 178 valence electrons. The number of aliphatic hydroxyl groups excluding tert-OH is 1. The van der Waals surface area contributed by atoms with Crippen LogP contribution >= 0.6 is 0 Å². The van der Waals surface area contributed by atoms with Crippen LogP contribution in [-0.2, 0) is 6.42 Å². The first-order chi connectivity index (χ1) is 16.5. The van der Waals surface area contributed by atoms with Crippen LogP contribution in [-0.4, -0.2) is 58.8 Å². The summed E-state index contributed by atoms with van der Waals surface area (Å²) in [6.07, 6.45) is 4.02. The highest BCUT2D eigenvalue weighted by Crippen LogP contribution is 2.29. The Kier molecular flexibility index (Phi) is 8.09. The number of β-amino-alcohol motifs (C(OH)–C–C–N with tert-alkyl or cyclic N) is 1. The van der Waals surface area contributed by atoms with Crippen molar-refractivity contribution in [2.24, 2.45) is 0 Å². The van der Waals surface area contributed by atoms with Crippen LogP contribution in [0.2, 0.25) is 0 Å². The van der Waals surface area contributed by atoms with Crippen molar-refractivity contribution in [2.75, 3.05) is 37.6 Å². The number of nitrogens with zero attached hydrogens (tertiary/aromatic N) is 4. The van der Waals surface area contributed by atoms with E-state index in [0.717, 1.165) is 74.9 Å². The fourth-order valence-electron chi connectivity index (χ4n) is 4.61. The Bertz CT molecular complexity index is 1090. The van der Waals surface area contributed by atoms with Crippen molar-refractivity contribution in [3.05, 3.63) is 89.6 Å². The monoisotopic (exact) mass is 456 g/mol. The summed E-state index contributed by atoms with van der Waals surface area (Å²) in [4.78, 5) is 14.8. The molecule has 0 unspecified atom stereocenters. The van der Waals surface area contributed by atoms with E-state index in [0.29, 0.717) is 0 Å². The fraction of sp³-hybridized carbons (Fsp3) is 0.379. The zero-order chi connectivity index (χ0) is 23.9. The van der Waals surface area contributed by atoms with Crippen LogP contribution in [0.4, 0.5) is 5.82 Å². The molecule has 5 nitrogen and oxygen atoms in total. The molecule has 0 aliphatic carbocycles. The maximum Gasteiger partial charge on any atom is 0.161 e. The number of hydrogen-bond donors (Lipinski definition) is 1. The Balaban J connectivity index is 1.60. The minimum atomic E-state index is -0.299. The maximum absolute atomic E-state index is 10.3. The number of anilines is 1. The Hall–Kier alpha value is -3.02. The van der Waals surface area contributed by atoms with Gasteiger partial charge in [-0.05, 0) is 37.8 Å². The lowest BCUT2D eigenvalue weighted by Gasteiger charge is -2.37. The Morgan fingerprint density at radius 3 is 2.38 bits per heavy atom. The van der Waals surface area contributed by atoms with Gasteiger partial charge in [-0.15, -0.1) is 6.58 Å². The number of aryl methyl sites for hydroxylation is 2. The summed E-state index contributed by atoms with van der Waals surface area (Å²) in [5.74, 6) is 1.82. The first kappa shape index (κ1) is 24.1. The minimum Gasteiger partial charge on any atom is -0.392 e. The maximum atomic E-state index is 10.3. The van der Waals surface area contributed by atoms with Gasteiger partial charge in [0.05, 0.1) is 6.10 Å². The van der Waals surface area contributed by atoms with Gasteiger partial charge in [0, 0.05) is 56.0 Å². The molecule has 5 heteroatoms. The number of allylic oxidation sites excluding steroid dienone is 1. The van der Waals surface area contributed by atoms with Crippen LogP contribution in [0.25, 0.3) is 11.4 Å². The van der Waals surface area contributed by atoms with E-state index < -0.39 is 0 Å². The number of aliphatic hydroxyl groups is 1. The second kappa shape index (κ2) is 11.4. The number of hydrogen-bond acceptors (Lipinski definition) is 5. The Labute approximate surface area is 203 Å². The summed E-state index contributed by atoms with van der Waals surface area (Å²) in [5.41, 5.74) is 5.88. The first-order valence-corrected chi connectivity index (χ1v) is 12.3. The van der Waals surface area contributed by atoms with E-state index in [1.807, 2.05) is 24.3 Å². The van der Waals surface area contributed by atoms with E-state index in [9.17, 15) is 5.11 Å². The number of aromatic nitrogens is 2. The van der Waals surface area contributed by atoms with Gasteiger partial charge in [0.15, 0.2) is 5.82 Å². The highest BCUT2D eigenvalue weighted by molar-refractivity contribution is 5.61. The summed E-state index contributed by atoms with van der Waals surface area (Å²) in [6.45, 7) is 12.4. The summed E-state index contributed by atoms with van der Waals surface area (Å²) >= 11 is 0. The van der Waals surface area contributed by atoms with E-state index in [1.54, 1.807) is 0 Å². The molecular formula is C29H36N4O. The lowest BCUT2D eigenvalue weighted by molar-refractivity contribution is 0.103. The molecule has 1 atom stereocenters. The van der Waals surface area contributed by atoms with Crippen molar-refractivity contribution in [1.82, 2.24) is 14.9 Å². The normalized spacial score (nSPS) is 15.3. The Morgan fingerprint density at radius 1 is 0.971 bits per heavy atom.